The van der Waals surface area contributed by atoms with E-state index in [0.717, 1.165) is 18.7 Å². The van der Waals surface area contributed by atoms with Gasteiger partial charge in [0.15, 0.2) is 11.5 Å². The monoisotopic (exact) mass is 332 g/mol. The molecular formula is C16H29ClN2O3. The molecule has 0 saturated heterocycles. The smallest absolute Gasteiger partial charge is 0.203 e. The van der Waals surface area contributed by atoms with Crippen molar-refractivity contribution in [2.45, 2.75) is 20.4 Å². The van der Waals surface area contributed by atoms with E-state index in [1.165, 1.54) is 0 Å². The molecule has 0 aliphatic carbocycles. The van der Waals surface area contributed by atoms with Crippen LogP contribution >= 0.6 is 12.4 Å². The summed E-state index contributed by atoms with van der Waals surface area (Å²) in [6, 6.07) is 3.96. The maximum atomic E-state index is 5.79. The largest absolute Gasteiger partial charge is 0.493 e. The molecule has 1 aromatic rings. The summed E-state index contributed by atoms with van der Waals surface area (Å²) in [6.45, 7) is 6.70. The second-order valence-electron chi connectivity index (χ2n) is 6.07. The van der Waals surface area contributed by atoms with Gasteiger partial charge in [-0.1, -0.05) is 13.8 Å². The maximum absolute atomic E-state index is 5.79. The van der Waals surface area contributed by atoms with Crippen LogP contribution in [-0.4, -0.2) is 46.4 Å². The molecule has 0 amide bonds. The first kappa shape index (κ1) is 20.8. The molecule has 1 aromatic carbocycles. The zero-order chi connectivity index (χ0) is 16.0. The maximum Gasteiger partial charge on any atom is 0.203 e. The van der Waals surface area contributed by atoms with Gasteiger partial charge in [-0.2, -0.15) is 0 Å². The van der Waals surface area contributed by atoms with Crippen molar-refractivity contribution >= 4 is 12.4 Å². The summed E-state index contributed by atoms with van der Waals surface area (Å²) in [5.74, 6) is 1.98. The number of rotatable bonds is 8. The van der Waals surface area contributed by atoms with Crippen molar-refractivity contribution in [1.29, 1.82) is 0 Å². The topological polar surface area (TPSA) is 57.0 Å². The molecule has 0 aliphatic heterocycles. The van der Waals surface area contributed by atoms with E-state index in [9.17, 15) is 0 Å². The minimum Gasteiger partial charge on any atom is -0.493 e. The van der Waals surface area contributed by atoms with Crippen LogP contribution in [0.1, 0.15) is 19.4 Å². The normalized spacial score (nSPS) is 11.1. The second kappa shape index (κ2) is 9.08. The van der Waals surface area contributed by atoms with E-state index >= 15 is 0 Å². The Morgan fingerprint density at radius 3 is 1.91 bits per heavy atom. The van der Waals surface area contributed by atoms with E-state index in [4.69, 9.17) is 19.9 Å². The van der Waals surface area contributed by atoms with Crippen LogP contribution in [0.3, 0.4) is 0 Å². The van der Waals surface area contributed by atoms with E-state index in [1.807, 2.05) is 12.1 Å². The number of nitrogens with zero attached hydrogens (tertiary/aromatic N) is 1. The number of hydrogen-bond acceptors (Lipinski definition) is 5. The number of halogens is 1. The highest BCUT2D eigenvalue weighted by molar-refractivity contribution is 5.85. The fourth-order valence-electron chi connectivity index (χ4n) is 2.39. The van der Waals surface area contributed by atoms with E-state index in [0.29, 0.717) is 23.8 Å². The van der Waals surface area contributed by atoms with Crippen LogP contribution in [0.5, 0.6) is 17.2 Å². The number of nitrogens with two attached hydrogens (primary N) is 1. The summed E-state index contributed by atoms with van der Waals surface area (Å²) in [7, 11) is 6.95. The molecule has 0 aliphatic rings. The Hall–Kier alpha value is -1.17. The van der Waals surface area contributed by atoms with Crippen LogP contribution in [0.4, 0.5) is 0 Å². The number of hydrogen-bond donors (Lipinski definition) is 1. The lowest BCUT2D eigenvalue weighted by atomic mass is 9.93. The third-order valence-electron chi connectivity index (χ3n) is 3.43. The Kier molecular flexibility index (Phi) is 8.60. The Morgan fingerprint density at radius 2 is 1.55 bits per heavy atom. The van der Waals surface area contributed by atoms with E-state index in [-0.39, 0.29) is 17.8 Å². The molecule has 0 aromatic heterocycles. The lowest BCUT2D eigenvalue weighted by Gasteiger charge is -2.29. The van der Waals surface area contributed by atoms with Gasteiger partial charge in [0.2, 0.25) is 5.75 Å². The number of ether oxygens (including phenoxy) is 3. The highest BCUT2D eigenvalue weighted by atomic mass is 35.5. The van der Waals surface area contributed by atoms with Crippen molar-refractivity contribution in [3.8, 4) is 17.2 Å². The summed E-state index contributed by atoms with van der Waals surface area (Å²) in [5, 5.41) is 0. The molecule has 0 atom stereocenters. The van der Waals surface area contributed by atoms with Gasteiger partial charge in [-0.3, -0.25) is 0 Å². The minimum atomic E-state index is 0. The summed E-state index contributed by atoms with van der Waals surface area (Å²) in [6.07, 6.45) is 0. The minimum absolute atomic E-state index is 0. The van der Waals surface area contributed by atoms with Gasteiger partial charge in [-0.25, -0.2) is 0 Å². The third-order valence-corrected chi connectivity index (χ3v) is 3.43. The van der Waals surface area contributed by atoms with Crippen LogP contribution in [-0.2, 0) is 6.54 Å². The quantitative estimate of drug-likeness (QED) is 0.793. The van der Waals surface area contributed by atoms with Crippen LogP contribution in [0.15, 0.2) is 12.1 Å². The van der Waals surface area contributed by atoms with Crippen molar-refractivity contribution in [2.24, 2.45) is 11.1 Å². The first-order valence-corrected chi connectivity index (χ1v) is 7.04. The van der Waals surface area contributed by atoms with E-state index in [2.05, 4.69) is 25.8 Å². The number of benzene rings is 1. The second-order valence-corrected chi connectivity index (χ2v) is 6.07. The fourth-order valence-corrected chi connectivity index (χ4v) is 2.39. The van der Waals surface area contributed by atoms with Crippen molar-refractivity contribution in [3.05, 3.63) is 17.7 Å². The molecule has 0 heterocycles. The van der Waals surface area contributed by atoms with E-state index in [1.54, 1.807) is 21.3 Å². The summed E-state index contributed by atoms with van der Waals surface area (Å²) in [4.78, 5) is 2.24. The predicted molar refractivity (Wildman–Crippen MR) is 92.5 cm³/mol. The zero-order valence-corrected chi connectivity index (χ0v) is 15.3. The highest BCUT2D eigenvalue weighted by Crippen LogP contribution is 2.38. The molecule has 0 unspecified atom stereocenters. The molecule has 2 N–H and O–H groups in total. The van der Waals surface area contributed by atoms with Gasteiger partial charge < -0.3 is 24.8 Å². The summed E-state index contributed by atoms with van der Waals surface area (Å²) >= 11 is 0. The lowest BCUT2D eigenvalue weighted by Crippen LogP contribution is -2.36. The zero-order valence-electron chi connectivity index (χ0n) is 14.4. The average molecular weight is 333 g/mol. The van der Waals surface area contributed by atoms with Gasteiger partial charge in [0.25, 0.3) is 0 Å². The Morgan fingerprint density at radius 1 is 1.05 bits per heavy atom. The van der Waals surface area contributed by atoms with Gasteiger partial charge >= 0.3 is 0 Å². The molecule has 22 heavy (non-hydrogen) atoms. The van der Waals surface area contributed by atoms with Crippen molar-refractivity contribution in [1.82, 2.24) is 4.90 Å². The van der Waals surface area contributed by atoms with Gasteiger partial charge in [0.1, 0.15) is 0 Å². The predicted octanol–water partition coefficient (Wildman–Crippen LogP) is 2.55. The highest BCUT2D eigenvalue weighted by Gasteiger charge is 2.19. The molecule has 0 fully saturated rings. The van der Waals surface area contributed by atoms with Crippen LogP contribution in [0.2, 0.25) is 0 Å². The van der Waals surface area contributed by atoms with Gasteiger partial charge in [-0.15, -0.1) is 12.4 Å². The first-order chi connectivity index (χ1) is 9.86. The molecule has 5 nitrogen and oxygen atoms in total. The van der Waals surface area contributed by atoms with E-state index < -0.39 is 0 Å². The van der Waals surface area contributed by atoms with Gasteiger partial charge in [0, 0.05) is 13.1 Å². The van der Waals surface area contributed by atoms with Crippen LogP contribution in [0, 0.1) is 5.41 Å². The van der Waals surface area contributed by atoms with Gasteiger partial charge in [0.05, 0.1) is 21.3 Å². The summed E-state index contributed by atoms with van der Waals surface area (Å²) in [5.41, 5.74) is 7.00. The average Bonchev–Trinajstić information content (AvgIpc) is 2.45. The Bertz CT molecular complexity index is 442. The molecule has 0 spiro atoms. The molecule has 0 bridgehead atoms. The van der Waals surface area contributed by atoms with Gasteiger partial charge in [-0.05, 0) is 36.7 Å². The molecule has 1 rings (SSSR count). The SMILES string of the molecule is COc1cc(CN(C)CC(C)(C)CN)cc(OC)c1OC.Cl. The van der Waals surface area contributed by atoms with Crippen molar-refractivity contribution < 1.29 is 14.2 Å². The van der Waals surface area contributed by atoms with Crippen molar-refractivity contribution in [3.63, 3.8) is 0 Å². The fraction of sp³-hybridized carbons (Fsp3) is 0.625. The molecular weight excluding hydrogens is 304 g/mol. The first-order valence-electron chi connectivity index (χ1n) is 7.04. The van der Waals surface area contributed by atoms with Crippen LogP contribution < -0.4 is 19.9 Å². The Balaban J connectivity index is 0.00000441. The lowest BCUT2D eigenvalue weighted by molar-refractivity contribution is 0.209. The summed E-state index contributed by atoms with van der Waals surface area (Å²) < 4.78 is 16.1. The van der Waals surface area contributed by atoms with Crippen LogP contribution in [0.25, 0.3) is 0 Å². The molecule has 0 radical (unpaired) electrons. The number of methoxy groups -OCH3 is 3. The molecule has 6 heteroatoms. The van der Waals surface area contributed by atoms with Crippen molar-refractivity contribution in [2.75, 3.05) is 41.5 Å². The standard InChI is InChI=1S/C16H28N2O3.ClH/c1-16(2,10-17)11-18(3)9-12-7-13(19-4)15(21-6)14(8-12)20-5;/h7-8H,9-11,17H2,1-6H3;1H. The molecule has 128 valence electrons. The molecule has 0 saturated carbocycles. The third kappa shape index (κ3) is 5.55. The Labute approximate surface area is 140 Å².